The van der Waals surface area contributed by atoms with Crippen molar-refractivity contribution < 1.29 is 9.53 Å². The molecule has 0 saturated carbocycles. The molecule has 17 heavy (non-hydrogen) atoms. The normalized spacial score (nSPS) is 25.9. The van der Waals surface area contributed by atoms with Gasteiger partial charge >= 0.3 is 5.97 Å². The Morgan fingerprint density at radius 1 is 1.65 bits per heavy atom. The highest BCUT2D eigenvalue weighted by Gasteiger charge is 2.39. The number of nitrogens with zero attached hydrogens (tertiary/aromatic N) is 2. The smallest absolute Gasteiger partial charge is 0.309 e. The number of hydrogen-bond donors (Lipinski definition) is 0. The second-order valence-corrected chi connectivity index (χ2v) is 5.00. The quantitative estimate of drug-likeness (QED) is 0.749. The lowest BCUT2D eigenvalue weighted by Gasteiger charge is -2.20. The summed E-state index contributed by atoms with van der Waals surface area (Å²) in [4.78, 5) is 15.9. The van der Waals surface area contributed by atoms with E-state index in [1.807, 2.05) is 17.8 Å². The Morgan fingerprint density at radius 3 is 3.00 bits per heavy atom. The molecule has 3 atom stereocenters. The van der Waals surface area contributed by atoms with Gasteiger partial charge in [0.25, 0.3) is 0 Å². The Hall–Kier alpha value is -1.32. The van der Waals surface area contributed by atoms with Crippen molar-refractivity contribution >= 4 is 5.97 Å². The van der Waals surface area contributed by atoms with Crippen molar-refractivity contribution in [3.8, 4) is 0 Å². The van der Waals surface area contributed by atoms with Gasteiger partial charge in [0.1, 0.15) is 0 Å². The van der Waals surface area contributed by atoms with E-state index in [0.717, 1.165) is 12.8 Å². The van der Waals surface area contributed by atoms with E-state index in [2.05, 4.69) is 18.8 Å². The maximum absolute atomic E-state index is 11.8. The van der Waals surface area contributed by atoms with E-state index in [-0.39, 0.29) is 11.9 Å². The van der Waals surface area contributed by atoms with E-state index in [1.54, 1.807) is 6.33 Å². The van der Waals surface area contributed by atoms with E-state index >= 15 is 0 Å². The average molecular weight is 236 g/mol. The molecule has 1 aliphatic rings. The van der Waals surface area contributed by atoms with Crippen LogP contribution < -0.4 is 0 Å². The van der Waals surface area contributed by atoms with Gasteiger partial charge in [-0.25, -0.2) is 4.98 Å². The monoisotopic (exact) mass is 236 g/mol. The molecule has 0 spiro atoms. The van der Waals surface area contributed by atoms with Gasteiger partial charge in [-0.15, -0.1) is 0 Å². The molecule has 1 fully saturated rings. The zero-order valence-corrected chi connectivity index (χ0v) is 10.7. The number of carbonyl (C=O) groups excluding carboxylic acids is 1. The SMILES string of the molecule is CCC(C)[C@@H]1C(=O)OC[C@@H]1Cc1cncn1C. The summed E-state index contributed by atoms with van der Waals surface area (Å²) in [5, 5.41) is 0. The predicted molar refractivity (Wildman–Crippen MR) is 64.3 cm³/mol. The predicted octanol–water partition coefficient (Wildman–Crippen LogP) is 1.80. The number of imidazole rings is 1. The Balaban J connectivity index is 2.10. The van der Waals surface area contributed by atoms with Crippen molar-refractivity contribution in [3.63, 3.8) is 0 Å². The zero-order chi connectivity index (χ0) is 12.4. The van der Waals surface area contributed by atoms with Gasteiger partial charge in [0.15, 0.2) is 0 Å². The van der Waals surface area contributed by atoms with Crippen LogP contribution >= 0.6 is 0 Å². The second-order valence-electron chi connectivity index (χ2n) is 5.00. The van der Waals surface area contributed by atoms with E-state index in [9.17, 15) is 4.79 Å². The van der Waals surface area contributed by atoms with Gasteiger partial charge in [-0.3, -0.25) is 4.79 Å². The number of esters is 1. The fraction of sp³-hybridized carbons (Fsp3) is 0.692. The molecule has 0 aliphatic carbocycles. The molecule has 0 aromatic carbocycles. The number of aryl methyl sites for hydroxylation is 1. The lowest BCUT2D eigenvalue weighted by molar-refractivity contribution is -0.142. The minimum atomic E-state index is -0.0217. The second kappa shape index (κ2) is 4.90. The first-order valence-corrected chi connectivity index (χ1v) is 6.25. The molecule has 1 aromatic rings. The van der Waals surface area contributed by atoms with Crippen LogP contribution in [-0.4, -0.2) is 22.1 Å². The zero-order valence-electron chi connectivity index (χ0n) is 10.7. The first-order chi connectivity index (χ1) is 8.13. The Bertz CT molecular complexity index is 400. The van der Waals surface area contributed by atoms with E-state index in [1.165, 1.54) is 5.69 Å². The molecule has 0 radical (unpaired) electrons. The van der Waals surface area contributed by atoms with Crippen LogP contribution in [0.15, 0.2) is 12.5 Å². The Morgan fingerprint density at radius 2 is 2.41 bits per heavy atom. The molecule has 4 heteroatoms. The topological polar surface area (TPSA) is 44.1 Å². The highest BCUT2D eigenvalue weighted by atomic mass is 16.5. The van der Waals surface area contributed by atoms with Gasteiger partial charge in [0, 0.05) is 24.9 Å². The summed E-state index contributed by atoms with van der Waals surface area (Å²) in [7, 11) is 1.98. The van der Waals surface area contributed by atoms with E-state index < -0.39 is 0 Å². The van der Waals surface area contributed by atoms with Crippen LogP contribution in [0.2, 0.25) is 0 Å². The molecule has 0 N–H and O–H groups in total. The molecule has 0 bridgehead atoms. The minimum absolute atomic E-state index is 0.0217. The van der Waals surface area contributed by atoms with Gasteiger partial charge in [-0.2, -0.15) is 0 Å². The van der Waals surface area contributed by atoms with E-state index in [4.69, 9.17) is 4.74 Å². The van der Waals surface area contributed by atoms with Gasteiger partial charge in [-0.05, 0) is 12.3 Å². The number of rotatable bonds is 4. The molecule has 2 rings (SSSR count). The van der Waals surface area contributed by atoms with Crippen molar-refractivity contribution in [3.05, 3.63) is 18.2 Å². The molecule has 94 valence electrons. The van der Waals surface area contributed by atoms with Crippen LogP contribution in [0.25, 0.3) is 0 Å². The first-order valence-electron chi connectivity index (χ1n) is 6.25. The molecule has 1 saturated heterocycles. The third-order valence-corrected chi connectivity index (χ3v) is 3.86. The summed E-state index contributed by atoms with van der Waals surface area (Å²) in [6.07, 6.45) is 5.56. The summed E-state index contributed by atoms with van der Waals surface area (Å²) in [5.74, 6) is 0.720. The van der Waals surface area contributed by atoms with Crippen LogP contribution in [-0.2, 0) is 23.0 Å². The Kier molecular flexibility index (Phi) is 3.50. The number of carbonyl (C=O) groups is 1. The van der Waals surface area contributed by atoms with Gasteiger partial charge in [-0.1, -0.05) is 20.3 Å². The van der Waals surface area contributed by atoms with Crippen molar-refractivity contribution in [2.45, 2.75) is 26.7 Å². The van der Waals surface area contributed by atoms with Crippen molar-refractivity contribution in [2.75, 3.05) is 6.61 Å². The molecular weight excluding hydrogens is 216 g/mol. The average Bonchev–Trinajstić information content (AvgIpc) is 2.86. The minimum Gasteiger partial charge on any atom is -0.465 e. The van der Waals surface area contributed by atoms with Crippen LogP contribution in [0.5, 0.6) is 0 Å². The first kappa shape index (κ1) is 12.1. The lowest BCUT2D eigenvalue weighted by atomic mass is 9.81. The van der Waals surface area contributed by atoms with Crippen LogP contribution in [0, 0.1) is 17.8 Å². The fourth-order valence-electron chi connectivity index (χ4n) is 2.57. The molecule has 0 amide bonds. The molecule has 1 aliphatic heterocycles. The van der Waals surface area contributed by atoms with Crippen molar-refractivity contribution in [1.29, 1.82) is 0 Å². The maximum Gasteiger partial charge on any atom is 0.309 e. The van der Waals surface area contributed by atoms with Crippen molar-refractivity contribution in [1.82, 2.24) is 9.55 Å². The summed E-state index contributed by atoms with van der Waals surface area (Å²) in [5.41, 5.74) is 1.17. The number of hydrogen-bond acceptors (Lipinski definition) is 3. The van der Waals surface area contributed by atoms with Crippen LogP contribution in [0.1, 0.15) is 26.0 Å². The summed E-state index contributed by atoms with van der Waals surface area (Å²) >= 11 is 0. The summed E-state index contributed by atoms with van der Waals surface area (Å²) < 4.78 is 7.23. The van der Waals surface area contributed by atoms with Crippen LogP contribution in [0.3, 0.4) is 0 Å². The van der Waals surface area contributed by atoms with Gasteiger partial charge in [0.05, 0.1) is 18.9 Å². The summed E-state index contributed by atoms with van der Waals surface area (Å²) in [6, 6.07) is 0. The van der Waals surface area contributed by atoms with Gasteiger partial charge < -0.3 is 9.30 Å². The maximum atomic E-state index is 11.8. The van der Waals surface area contributed by atoms with Gasteiger partial charge in [0.2, 0.25) is 0 Å². The van der Waals surface area contributed by atoms with Crippen molar-refractivity contribution in [2.24, 2.45) is 24.8 Å². The largest absolute Gasteiger partial charge is 0.465 e. The summed E-state index contributed by atoms with van der Waals surface area (Å²) in [6.45, 7) is 4.81. The Labute approximate surface area is 102 Å². The molecule has 4 nitrogen and oxygen atoms in total. The third-order valence-electron chi connectivity index (χ3n) is 3.86. The fourth-order valence-corrected chi connectivity index (χ4v) is 2.57. The van der Waals surface area contributed by atoms with Crippen LogP contribution in [0.4, 0.5) is 0 Å². The molecular formula is C13H20N2O2. The molecule has 1 unspecified atom stereocenters. The number of ether oxygens (including phenoxy) is 1. The van der Waals surface area contributed by atoms with E-state index in [0.29, 0.717) is 18.4 Å². The molecule has 2 heterocycles. The highest BCUT2D eigenvalue weighted by Crippen LogP contribution is 2.33. The number of cyclic esters (lactones) is 1. The third kappa shape index (κ3) is 2.35. The molecule has 1 aromatic heterocycles. The lowest BCUT2D eigenvalue weighted by Crippen LogP contribution is -2.25. The number of aromatic nitrogens is 2. The highest BCUT2D eigenvalue weighted by molar-refractivity contribution is 5.75. The standard InChI is InChI=1S/C13H20N2O2/c1-4-9(2)12-10(7-17-13(12)16)5-11-6-14-8-15(11)3/h6,8-10,12H,4-5,7H2,1-3H3/t9?,10-,12-/m0/s1.